The van der Waals surface area contributed by atoms with Gasteiger partial charge in [0, 0.05) is 12.3 Å². The molecule has 0 aromatic carbocycles. The molecule has 3 nitrogen and oxygen atoms in total. The maximum atomic E-state index is 11.1. The summed E-state index contributed by atoms with van der Waals surface area (Å²) in [5, 5.41) is 0. The summed E-state index contributed by atoms with van der Waals surface area (Å²) in [6.07, 6.45) is 2.59. The summed E-state index contributed by atoms with van der Waals surface area (Å²) in [7, 11) is 0. The fourth-order valence-electron chi connectivity index (χ4n) is 1.34. The maximum Gasteiger partial charge on any atom is 0.264 e. The predicted octanol–water partition coefficient (Wildman–Crippen LogP) is 0.904. The highest BCUT2D eigenvalue weighted by atomic mass is 16.2. The first-order chi connectivity index (χ1) is 5.63. The van der Waals surface area contributed by atoms with E-state index in [1.54, 1.807) is 6.92 Å². The van der Waals surface area contributed by atoms with Gasteiger partial charge in [-0.05, 0) is 12.8 Å². The van der Waals surface area contributed by atoms with Gasteiger partial charge in [-0.2, -0.15) is 0 Å². The van der Waals surface area contributed by atoms with Gasteiger partial charge >= 0.3 is 0 Å². The van der Waals surface area contributed by atoms with Crippen molar-refractivity contribution in [2.45, 2.75) is 32.6 Å². The molecule has 0 bridgehead atoms. The molecule has 0 aliphatic heterocycles. The Labute approximate surface area is 71.1 Å². The van der Waals surface area contributed by atoms with Crippen LogP contribution in [0.25, 0.3) is 0 Å². The fraction of sp³-hybridized carbons (Fsp3) is 0.667. The van der Waals surface area contributed by atoms with Crippen molar-refractivity contribution in [3.05, 3.63) is 0 Å². The minimum absolute atomic E-state index is 0.247. The van der Waals surface area contributed by atoms with Crippen molar-refractivity contribution in [2.75, 3.05) is 0 Å². The molecule has 0 spiro atoms. The van der Waals surface area contributed by atoms with Gasteiger partial charge in [-0.1, -0.05) is 13.3 Å². The lowest BCUT2D eigenvalue weighted by Crippen LogP contribution is -2.30. The second kappa shape index (κ2) is 3.61. The molecule has 0 aromatic rings. The summed E-state index contributed by atoms with van der Waals surface area (Å²) in [5.41, 5.74) is 0. The van der Waals surface area contributed by atoms with Crippen molar-refractivity contribution < 1.29 is 14.4 Å². The van der Waals surface area contributed by atoms with Crippen LogP contribution in [0.3, 0.4) is 0 Å². The third kappa shape index (κ3) is 1.78. The van der Waals surface area contributed by atoms with E-state index in [1.807, 2.05) is 0 Å². The molecule has 0 heterocycles. The van der Waals surface area contributed by atoms with Gasteiger partial charge in [0.25, 0.3) is 5.78 Å². The van der Waals surface area contributed by atoms with E-state index in [2.05, 4.69) is 0 Å². The number of hydrogen-bond donors (Lipinski definition) is 0. The minimum Gasteiger partial charge on any atom is -0.290 e. The van der Waals surface area contributed by atoms with E-state index in [-0.39, 0.29) is 12.3 Å². The molecule has 12 heavy (non-hydrogen) atoms. The van der Waals surface area contributed by atoms with Crippen molar-refractivity contribution in [2.24, 2.45) is 5.92 Å². The minimum atomic E-state index is -0.790. The van der Waals surface area contributed by atoms with E-state index in [9.17, 15) is 14.4 Å². The molecular weight excluding hydrogens is 156 g/mol. The van der Waals surface area contributed by atoms with Crippen LogP contribution < -0.4 is 0 Å². The Hall–Kier alpha value is -0.990. The van der Waals surface area contributed by atoms with Gasteiger partial charge in [-0.15, -0.1) is 0 Å². The van der Waals surface area contributed by atoms with Crippen LogP contribution in [0.1, 0.15) is 32.6 Å². The van der Waals surface area contributed by atoms with Gasteiger partial charge in [0.05, 0.1) is 0 Å². The zero-order chi connectivity index (χ0) is 9.14. The summed E-state index contributed by atoms with van der Waals surface area (Å²) >= 11 is 0. The van der Waals surface area contributed by atoms with Crippen molar-refractivity contribution in [1.29, 1.82) is 0 Å². The molecule has 0 aromatic heterocycles. The van der Waals surface area contributed by atoms with Gasteiger partial charge in [-0.3, -0.25) is 14.4 Å². The lowest BCUT2D eigenvalue weighted by atomic mass is 9.90. The first-order valence-corrected chi connectivity index (χ1v) is 4.24. The maximum absolute atomic E-state index is 11.1. The standard InChI is InChI=1S/C9H12O3/c1-6-4-2-3-5-7(10)9(12)8(6)11/h6H,2-5H2,1H3. The van der Waals surface area contributed by atoms with E-state index < -0.39 is 17.3 Å². The zero-order valence-electron chi connectivity index (χ0n) is 7.13. The lowest BCUT2D eigenvalue weighted by Gasteiger charge is -2.11. The Bertz CT molecular complexity index is 230. The zero-order valence-corrected chi connectivity index (χ0v) is 7.13. The van der Waals surface area contributed by atoms with Crippen LogP contribution in [-0.2, 0) is 14.4 Å². The highest BCUT2D eigenvalue weighted by Gasteiger charge is 2.28. The molecule has 0 amide bonds. The second-order valence-corrected chi connectivity index (χ2v) is 3.26. The van der Waals surface area contributed by atoms with Gasteiger partial charge in [-0.25, -0.2) is 0 Å². The molecular formula is C9H12O3. The third-order valence-electron chi connectivity index (χ3n) is 2.22. The Morgan fingerprint density at radius 2 is 1.83 bits per heavy atom. The molecule has 66 valence electrons. The first kappa shape index (κ1) is 9.10. The van der Waals surface area contributed by atoms with Crippen LogP contribution in [0.4, 0.5) is 0 Å². The van der Waals surface area contributed by atoms with E-state index in [0.717, 1.165) is 19.3 Å². The Balaban J connectivity index is 2.75. The molecule has 1 rings (SSSR count). The van der Waals surface area contributed by atoms with Crippen LogP contribution in [0, 0.1) is 5.92 Å². The van der Waals surface area contributed by atoms with Crippen molar-refractivity contribution >= 4 is 17.3 Å². The van der Waals surface area contributed by atoms with E-state index >= 15 is 0 Å². The highest BCUT2D eigenvalue weighted by molar-refractivity contribution is 6.64. The van der Waals surface area contributed by atoms with E-state index in [0.29, 0.717) is 0 Å². The molecule has 1 aliphatic rings. The molecule has 1 aliphatic carbocycles. The van der Waals surface area contributed by atoms with Crippen LogP contribution in [0.2, 0.25) is 0 Å². The SMILES string of the molecule is CC1CCCCC(=O)C(=O)C1=O. The van der Waals surface area contributed by atoms with Crippen LogP contribution in [-0.4, -0.2) is 17.3 Å². The number of carbonyl (C=O) groups is 3. The lowest BCUT2D eigenvalue weighted by molar-refractivity contribution is -0.146. The van der Waals surface area contributed by atoms with Crippen molar-refractivity contribution in [3.63, 3.8) is 0 Å². The molecule has 0 N–H and O–H groups in total. The van der Waals surface area contributed by atoms with Crippen LogP contribution in [0.15, 0.2) is 0 Å². The number of rotatable bonds is 0. The average molecular weight is 168 g/mol. The quantitative estimate of drug-likeness (QED) is 0.505. The van der Waals surface area contributed by atoms with Crippen molar-refractivity contribution in [3.8, 4) is 0 Å². The smallest absolute Gasteiger partial charge is 0.264 e. The summed E-state index contributed by atoms with van der Waals surface area (Å²) in [4.78, 5) is 33.1. The molecule has 0 radical (unpaired) electrons. The topological polar surface area (TPSA) is 51.2 Å². The highest BCUT2D eigenvalue weighted by Crippen LogP contribution is 2.15. The summed E-state index contributed by atoms with van der Waals surface area (Å²) < 4.78 is 0. The second-order valence-electron chi connectivity index (χ2n) is 3.26. The van der Waals surface area contributed by atoms with E-state index in [4.69, 9.17) is 0 Å². The molecule has 1 fully saturated rings. The Morgan fingerprint density at radius 1 is 1.17 bits per heavy atom. The molecule has 1 unspecified atom stereocenters. The molecule has 3 heteroatoms. The van der Waals surface area contributed by atoms with Gasteiger partial charge in [0.2, 0.25) is 11.6 Å². The number of carbonyl (C=O) groups excluding carboxylic acids is 3. The van der Waals surface area contributed by atoms with E-state index in [1.165, 1.54) is 0 Å². The summed E-state index contributed by atoms with van der Waals surface area (Å²) in [5.74, 6) is -2.06. The van der Waals surface area contributed by atoms with Crippen molar-refractivity contribution in [1.82, 2.24) is 0 Å². The van der Waals surface area contributed by atoms with Gasteiger partial charge < -0.3 is 0 Å². The predicted molar refractivity (Wildman–Crippen MR) is 42.7 cm³/mol. The fourth-order valence-corrected chi connectivity index (χ4v) is 1.34. The third-order valence-corrected chi connectivity index (χ3v) is 2.22. The van der Waals surface area contributed by atoms with Crippen LogP contribution >= 0.6 is 0 Å². The molecule has 1 saturated carbocycles. The Kier molecular flexibility index (Phi) is 2.74. The van der Waals surface area contributed by atoms with Crippen LogP contribution in [0.5, 0.6) is 0 Å². The average Bonchev–Trinajstić information content (AvgIpc) is 2.07. The number of Topliss-reactive ketones (excluding diaryl/α,β-unsaturated/α-hetero) is 3. The Morgan fingerprint density at radius 3 is 2.50 bits per heavy atom. The number of ketones is 3. The monoisotopic (exact) mass is 168 g/mol. The largest absolute Gasteiger partial charge is 0.290 e. The van der Waals surface area contributed by atoms with Gasteiger partial charge in [0.15, 0.2) is 0 Å². The molecule has 1 atom stereocenters. The normalized spacial score (nSPS) is 26.8. The van der Waals surface area contributed by atoms with Gasteiger partial charge in [0.1, 0.15) is 0 Å². The molecule has 0 saturated heterocycles. The summed E-state index contributed by atoms with van der Waals surface area (Å²) in [6.45, 7) is 1.71. The summed E-state index contributed by atoms with van der Waals surface area (Å²) in [6, 6.07) is 0. The first-order valence-electron chi connectivity index (χ1n) is 4.24. The number of hydrogen-bond acceptors (Lipinski definition) is 3.